The molecule has 2 rings (SSSR count). The van der Waals surface area contributed by atoms with Crippen molar-refractivity contribution in [3.05, 3.63) is 48.1 Å². The van der Waals surface area contributed by atoms with E-state index in [0.29, 0.717) is 17.3 Å². The smallest absolute Gasteiger partial charge is 0.328 e. The largest absolute Gasteiger partial charge is 0.356 e. The second-order valence-corrected chi connectivity index (χ2v) is 6.31. The van der Waals surface area contributed by atoms with Crippen LogP contribution in [0.5, 0.6) is 0 Å². The van der Waals surface area contributed by atoms with Gasteiger partial charge in [0.05, 0.1) is 10.7 Å². The summed E-state index contributed by atoms with van der Waals surface area (Å²) in [7, 11) is 0. The number of hydrogen-bond donors (Lipinski definition) is 2. The summed E-state index contributed by atoms with van der Waals surface area (Å²) in [6.45, 7) is 2.51. The quantitative estimate of drug-likeness (QED) is 0.807. The number of halogens is 1. The Balaban J connectivity index is 1.76. The van der Waals surface area contributed by atoms with Gasteiger partial charge in [-0.2, -0.15) is 0 Å². The summed E-state index contributed by atoms with van der Waals surface area (Å²) in [6, 6.07) is 1.24. The van der Waals surface area contributed by atoms with Crippen molar-refractivity contribution >= 4 is 28.8 Å². The number of H-pyrrole nitrogens is 1. The zero-order valence-corrected chi connectivity index (χ0v) is 13.5. The van der Waals surface area contributed by atoms with E-state index in [9.17, 15) is 14.4 Å². The zero-order chi connectivity index (χ0) is 16.1. The Bertz CT molecular complexity index is 761. The van der Waals surface area contributed by atoms with E-state index in [2.05, 4.69) is 15.3 Å². The van der Waals surface area contributed by atoms with Crippen molar-refractivity contribution in [1.82, 2.24) is 19.9 Å². The third kappa shape index (κ3) is 4.54. The van der Waals surface area contributed by atoms with Crippen LogP contribution < -0.4 is 16.6 Å². The average molecular weight is 343 g/mol. The van der Waals surface area contributed by atoms with Gasteiger partial charge in [-0.1, -0.05) is 11.6 Å². The predicted molar refractivity (Wildman–Crippen MR) is 84.5 cm³/mol. The maximum absolute atomic E-state index is 11.7. The number of carbonyl (C=O) groups is 1. The molecule has 2 aromatic heterocycles. The van der Waals surface area contributed by atoms with E-state index in [4.69, 9.17) is 11.6 Å². The lowest BCUT2D eigenvalue weighted by Gasteiger charge is -2.05. The Morgan fingerprint density at radius 2 is 2.27 bits per heavy atom. The van der Waals surface area contributed by atoms with E-state index >= 15 is 0 Å². The molecular weight excluding hydrogens is 328 g/mol. The molecule has 0 aromatic carbocycles. The van der Waals surface area contributed by atoms with Crippen LogP contribution in [-0.4, -0.2) is 27.0 Å². The Hall–Kier alpha value is -1.93. The van der Waals surface area contributed by atoms with Crippen LogP contribution >= 0.6 is 22.9 Å². The first-order chi connectivity index (χ1) is 10.5. The summed E-state index contributed by atoms with van der Waals surface area (Å²) >= 11 is 7.33. The van der Waals surface area contributed by atoms with Crippen LogP contribution in [0, 0.1) is 6.92 Å². The van der Waals surface area contributed by atoms with Gasteiger partial charge in [-0.05, 0) is 6.92 Å². The fourth-order valence-electron chi connectivity index (χ4n) is 1.78. The highest BCUT2D eigenvalue weighted by Gasteiger charge is 2.07. The highest BCUT2D eigenvalue weighted by molar-refractivity contribution is 7.16. The Labute approximate surface area is 135 Å². The molecule has 0 aliphatic heterocycles. The van der Waals surface area contributed by atoms with E-state index in [0.717, 1.165) is 10.7 Å². The van der Waals surface area contributed by atoms with Crippen LogP contribution in [0.25, 0.3) is 0 Å². The van der Waals surface area contributed by atoms with Crippen LogP contribution in [0.2, 0.25) is 4.34 Å². The number of aromatic nitrogens is 3. The summed E-state index contributed by atoms with van der Waals surface area (Å²) in [5.41, 5.74) is -0.179. The molecule has 0 saturated carbocycles. The van der Waals surface area contributed by atoms with Gasteiger partial charge in [-0.25, -0.2) is 9.78 Å². The molecule has 118 valence electrons. The summed E-state index contributed by atoms with van der Waals surface area (Å²) < 4.78 is 1.95. The molecule has 0 bridgehead atoms. The third-order valence-electron chi connectivity index (χ3n) is 2.92. The van der Waals surface area contributed by atoms with Gasteiger partial charge in [0.2, 0.25) is 5.91 Å². The molecule has 0 radical (unpaired) electrons. The first kappa shape index (κ1) is 16.4. The van der Waals surface area contributed by atoms with Crippen molar-refractivity contribution in [2.75, 3.05) is 6.54 Å². The predicted octanol–water partition coefficient (Wildman–Crippen LogP) is 0.704. The fraction of sp³-hybridized carbons (Fsp3) is 0.385. The Morgan fingerprint density at radius 3 is 2.91 bits per heavy atom. The number of thiazole rings is 1. The summed E-state index contributed by atoms with van der Waals surface area (Å²) in [5, 5.41) is 3.63. The van der Waals surface area contributed by atoms with Crippen molar-refractivity contribution in [1.29, 1.82) is 0 Å². The van der Waals surface area contributed by atoms with Crippen molar-refractivity contribution in [2.24, 2.45) is 0 Å². The number of aromatic amines is 1. The molecule has 0 aliphatic carbocycles. The number of aryl methyl sites for hydroxylation is 2. The van der Waals surface area contributed by atoms with Gasteiger partial charge >= 0.3 is 5.69 Å². The summed E-state index contributed by atoms with van der Waals surface area (Å²) in [5.74, 6) is -0.169. The number of rotatable bonds is 6. The molecule has 2 aromatic rings. The minimum absolute atomic E-state index is 0.156. The lowest BCUT2D eigenvalue weighted by atomic mass is 10.3. The topological polar surface area (TPSA) is 96.8 Å². The summed E-state index contributed by atoms with van der Waals surface area (Å²) in [4.78, 5) is 40.5. The van der Waals surface area contributed by atoms with E-state index in [1.165, 1.54) is 28.2 Å². The molecule has 0 unspecified atom stereocenters. The minimum Gasteiger partial charge on any atom is -0.356 e. The fourth-order valence-corrected chi connectivity index (χ4v) is 2.87. The molecular formula is C13H15ClN4O3S. The number of hydrogen-bond acceptors (Lipinski definition) is 5. The highest BCUT2D eigenvalue weighted by Crippen LogP contribution is 2.23. The molecule has 0 spiro atoms. The molecule has 2 heterocycles. The monoisotopic (exact) mass is 342 g/mol. The highest BCUT2D eigenvalue weighted by atomic mass is 35.5. The van der Waals surface area contributed by atoms with Gasteiger partial charge in [0.15, 0.2) is 0 Å². The van der Waals surface area contributed by atoms with Gasteiger partial charge in [0.25, 0.3) is 5.56 Å². The molecule has 0 atom stereocenters. The third-order valence-corrected chi connectivity index (χ3v) is 4.43. The number of amides is 1. The average Bonchev–Trinajstić information content (AvgIpc) is 2.76. The lowest BCUT2D eigenvalue weighted by Crippen LogP contribution is -2.31. The summed E-state index contributed by atoms with van der Waals surface area (Å²) in [6.07, 6.45) is 2.14. The molecule has 1 amide bonds. The molecule has 2 N–H and O–H groups in total. The van der Waals surface area contributed by atoms with Gasteiger partial charge in [0.1, 0.15) is 4.34 Å². The maximum Gasteiger partial charge on any atom is 0.328 e. The normalized spacial score (nSPS) is 10.6. The van der Waals surface area contributed by atoms with Crippen LogP contribution in [0.15, 0.2) is 21.9 Å². The minimum atomic E-state index is -0.520. The van der Waals surface area contributed by atoms with Gasteiger partial charge in [0, 0.05) is 38.2 Å². The van der Waals surface area contributed by atoms with Gasteiger partial charge in [-0.15, -0.1) is 11.3 Å². The van der Waals surface area contributed by atoms with Crippen LogP contribution in [0.1, 0.15) is 17.1 Å². The van der Waals surface area contributed by atoms with Crippen LogP contribution in [0.4, 0.5) is 0 Å². The molecule has 0 saturated heterocycles. The zero-order valence-electron chi connectivity index (χ0n) is 11.9. The Kier molecular flexibility index (Phi) is 5.51. The first-order valence-corrected chi connectivity index (χ1v) is 7.83. The van der Waals surface area contributed by atoms with Crippen molar-refractivity contribution in [3.63, 3.8) is 0 Å². The van der Waals surface area contributed by atoms with E-state index < -0.39 is 11.2 Å². The van der Waals surface area contributed by atoms with Crippen LogP contribution in [-0.2, 0) is 17.8 Å². The second kappa shape index (κ2) is 7.37. The standard InChI is InChI=1S/C13H15ClN4O3S/c1-8-12(14)22-11(16-8)2-5-15-9(19)3-6-18-7-4-10(20)17-13(18)21/h4,7H,2-3,5-6H2,1H3,(H,15,19)(H,17,20,21). The van der Waals surface area contributed by atoms with E-state index in [1.807, 2.05) is 6.92 Å². The Morgan fingerprint density at radius 1 is 1.50 bits per heavy atom. The van der Waals surface area contributed by atoms with E-state index in [-0.39, 0.29) is 18.9 Å². The van der Waals surface area contributed by atoms with E-state index in [1.54, 1.807) is 0 Å². The SMILES string of the molecule is Cc1nc(CCNC(=O)CCn2ccc(=O)[nH]c2=O)sc1Cl. The number of nitrogens with one attached hydrogen (secondary N) is 2. The first-order valence-electron chi connectivity index (χ1n) is 6.64. The molecule has 9 heteroatoms. The van der Waals surface area contributed by atoms with Crippen molar-refractivity contribution in [2.45, 2.75) is 26.3 Å². The van der Waals surface area contributed by atoms with Crippen molar-refractivity contribution < 1.29 is 4.79 Å². The lowest BCUT2D eigenvalue weighted by molar-refractivity contribution is -0.121. The molecule has 0 aliphatic rings. The second-order valence-electron chi connectivity index (χ2n) is 4.62. The molecule has 22 heavy (non-hydrogen) atoms. The van der Waals surface area contributed by atoms with Gasteiger partial charge < -0.3 is 9.88 Å². The number of carbonyl (C=O) groups excluding carboxylic acids is 1. The number of nitrogens with zero attached hydrogens (tertiary/aromatic N) is 2. The molecule has 0 fully saturated rings. The van der Waals surface area contributed by atoms with Crippen LogP contribution in [0.3, 0.4) is 0 Å². The van der Waals surface area contributed by atoms with Crippen molar-refractivity contribution in [3.8, 4) is 0 Å². The maximum atomic E-state index is 11.7. The van der Waals surface area contributed by atoms with Gasteiger partial charge in [-0.3, -0.25) is 14.6 Å². The molecule has 7 nitrogen and oxygen atoms in total.